The Bertz CT molecular complexity index is 261. The van der Waals surface area contributed by atoms with Crippen LogP contribution in [0.25, 0.3) is 0 Å². The highest BCUT2D eigenvalue weighted by atomic mass is 14.6. The molecule has 2 N–H and O–H groups in total. The predicted molar refractivity (Wildman–Crippen MR) is 60.0 cm³/mol. The Morgan fingerprint density at radius 3 is 2.36 bits per heavy atom. The summed E-state index contributed by atoms with van der Waals surface area (Å²) in [5.74, 6) is 0. The minimum atomic E-state index is 0.248. The molecule has 1 unspecified atom stereocenters. The first kappa shape index (κ1) is 11.2. The smallest absolute Gasteiger partial charge is 0.0270 e. The van der Waals surface area contributed by atoms with E-state index >= 15 is 0 Å². The van der Waals surface area contributed by atoms with E-state index in [0.29, 0.717) is 5.41 Å². The van der Waals surface area contributed by atoms with E-state index in [-0.39, 0.29) is 6.04 Å². The Morgan fingerprint density at radius 1 is 1.29 bits per heavy atom. The zero-order valence-corrected chi connectivity index (χ0v) is 9.33. The number of nitrogens with two attached hydrogens (primary N) is 1. The van der Waals surface area contributed by atoms with Gasteiger partial charge in [0, 0.05) is 18.4 Å². The average molecular weight is 192 g/mol. The number of rotatable bonds is 3. The number of hydrogen-bond acceptors (Lipinski definition) is 2. The lowest BCUT2D eigenvalue weighted by Gasteiger charge is -2.23. The fraction of sp³-hybridized carbons (Fsp3) is 0.583. The van der Waals surface area contributed by atoms with Crippen molar-refractivity contribution >= 4 is 0 Å². The molecule has 0 aliphatic heterocycles. The summed E-state index contributed by atoms with van der Waals surface area (Å²) < 4.78 is 0. The molecule has 0 spiro atoms. The summed E-state index contributed by atoms with van der Waals surface area (Å²) in [4.78, 5) is 3.99. The van der Waals surface area contributed by atoms with Crippen molar-refractivity contribution in [2.24, 2.45) is 11.1 Å². The fourth-order valence-corrected chi connectivity index (χ4v) is 1.68. The summed E-state index contributed by atoms with van der Waals surface area (Å²) in [5.41, 5.74) is 7.66. The van der Waals surface area contributed by atoms with Gasteiger partial charge in [0.2, 0.25) is 0 Å². The van der Waals surface area contributed by atoms with Crippen LogP contribution in [0.4, 0.5) is 0 Å². The van der Waals surface area contributed by atoms with E-state index in [1.54, 1.807) is 0 Å². The van der Waals surface area contributed by atoms with Gasteiger partial charge in [-0.05, 0) is 36.0 Å². The van der Waals surface area contributed by atoms with Gasteiger partial charge in [0.1, 0.15) is 0 Å². The lowest BCUT2D eigenvalue weighted by atomic mass is 9.86. The van der Waals surface area contributed by atoms with Crippen LogP contribution in [0.5, 0.6) is 0 Å². The van der Waals surface area contributed by atoms with Gasteiger partial charge in [-0.1, -0.05) is 20.8 Å². The molecule has 14 heavy (non-hydrogen) atoms. The SMILES string of the molecule is CC(C)(C)CC(N)Cc1ccncc1. The molecular weight excluding hydrogens is 172 g/mol. The molecule has 0 aromatic carbocycles. The van der Waals surface area contributed by atoms with Gasteiger partial charge in [-0.25, -0.2) is 0 Å². The normalized spacial score (nSPS) is 14.0. The van der Waals surface area contributed by atoms with Crippen LogP contribution in [-0.2, 0) is 6.42 Å². The van der Waals surface area contributed by atoms with Crippen LogP contribution in [0, 0.1) is 5.41 Å². The van der Waals surface area contributed by atoms with Gasteiger partial charge in [0.25, 0.3) is 0 Å². The third kappa shape index (κ3) is 4.38. The Hall–Kier alpha value is -0.890. The van der Waals surface area contributed by atoms with Crippen LogP contribution in [-0.4, -0.2) is 11.0 Å². The van der Waals surface area contributed by atoms with E-state index in [0.717, 1.165) is 12.8 Å². The van der Waals surface area contributed by atoms with E-state index in [4.69, 9.17) is 5.73 Å². The molecule has 0 aliphatic rings. The van der Waals surface area contributed by atoms with Crippen LogP contribution in [0.15, 0.2) is 24.5 Å². The maximum atomic E-state index is 6.07. The maximum absolute atomic E-state index is 6.07. The van der Waals surface area contributed by atoms with Crippen molar-refractivity contribution in [3.63, 3.8) is 0 Å². The summed E-state index contributed by atoms with van der Waals surface area (Å²) in [7, 11) is 0. The lowest BCUT2D eigenvalue weighted by molar-refractivity contribution is 0.338. The quantitative estimate of drug-likeness (QED) is 0.798. The minimum absolute atomic E-state index is 0.248. The molecule has 1 rings (SSSR count). The van der Waals surface area contributed by atoms with Crippen LogP contribution < -0.4 is 5.73 Å². The highest BCUT2D eigenvalue weighted by Crippen LogP contribution is 2.21. The molecule has 1 atom stereocenters. The molecular formula is C12H20N2. The standard InChI is InChI=1S/C12H20N2/c1-12(2,3)9-11(13)8-10-4-6-14-7-5-10/h4-7,11H,8-9,13H2,1-3H3. The van der Waals surface area contributed by atoms with Crippen molar-refractivity contribution in [3.05, 3.63) is 30.1 Å². The van der Waals surface area contributed by atoms with Crippen molar-refractivity contribution in [1.29, 1.82) is 0 Å². The van der Waals surface area contributed by atoms with Crippen molar-refractivity contribution in [3.8, 4) is 0 Å². The number of nitrogens with zero attached hydrogens (tertiary/aromatic N) is 1. The summed E-state index contributed by atoms with van der Waals surface area (Å²) in [5, 5.41) is 0. The lowest BCUT2D eigenvalue weighted by Crippen LogP contribution is -2.28. The summed E-state index contributed by atoms with van der Waals surface area (Å²) in [6.07, 6.45) is 5.63. The Balaban J connectivity index is 2.46. The van der Waals surface area contributed by atoms with Crippen LogP contribution in [0.2, 0.25) is 0 Å². The van der Waals surface area contributed by atoms with E-state index in [1.807, 2.05) is 24.5 Å². The van der Waals surface area contributed by atoms with E-state index in [2.05, 4.69) is 25.8 Å². The van der Waals surface area contributed by atoms with Gasteiger partial charge in [-0.2, -0.15) is 0 Å². The first-order valence-corrected chi connectivity index (χ1v) is 5.12. The zero-order valence-electron chi connectivity index (χ0n) is 9.33. The highest BCUT2D eigenvalue weighted by Gasteiger charge is 2.15. The average Bonchev–Trinajstić information content (AvgIpc) is 2.02. The Labute approximate surface area is 86.5 Å². The predicted octanol–water partition coefficient (Wildman–Crippen LogP) is 2.39. The minimum Gasteiger partial charge on any atom is -0.327 e. The molecule has 0 radical (unpaired) electrons. The van der Waals surface area contributed by atoms with Gasteiger partial charge in [-0.15, -0.1) is 0 Å². The zero-order chi connectivity index (χ0) is 10.6. The molecule has 0 aliphatic carbocycles. The fourth-order valence-electron chi connectivity index (χ4n) is 1.68. The number of hydrogen-bond donors (Lipinski definition) is 1. The van der Waals surface area contributed by atoms with Gasteiger partial charge < -0.3 is 5.73 Å². The van der Waals surface area contributed by atoms with Crippen molar-refractivity contribution in [2.75, 3.05) is 0 Å². The molecule has 1 heterocycles. The largest absolute Gasteiger partial charge is 0.327 e. The summed E-state index contributed by atoms with van der Waals surface area (Å²) >= 11 is 0. The Morgan fingerprint density at radius 2 is 1.86 bits per heavy atom. The summed E-state index contributed by atoms with van der Waals surface area (Å²) in [6.45, 7) is 6.66. The van der Waals surface area contributed by atoms with Crippen LogP contribution in [0.1, 0.15) is 32.8 Å². The maximum Gasteiger partial charge on any atom is 0.0270 e. The summed E-state index contributed by atoms with van der Waals surface area (Å²) in [6, 6.07) is 4.31. The monoisotopic (exact) mass is 192 g/mol. The van der Waals surface area contributed by atoms with Gasteiger partial charge >= 0.3 is 0 Å². The first-order chi connectivity index (χ1) is 6.47. The van der Waals surface area contributed by atoms with E-state index in [1.165, 1.54) is 5.56 Å². The van der Waals surface area contributed by atoms with Gasteiger partial charge in [0.05, 0.1) is 0 Å². The molecule has 2 heteroatoms. The topological polar surface area (TPSA) is 38.9 Å². The van der Waals surface area contributed by atoms with Crippen molar-refractivity contribution in [2.45, 2.75) is 39.7 Å². The molecule has 0 bridgehead atoms. The first-order valence-electron chi connectivity index (χ1n) is 5.12. The van der Waals surface area contributed by atoms with E-state index in [9.17, 15) is 0 Å². The number of pyridine rings is 1. The molecule has 0 saturated heterocycles. The van der Waals surface area contributed by atoms with Crippen molar-refractivity contribution < 1.29 is 0 Å². The highest BCUT2D eigenvalue weighted by molar-refractivity contribution is 5.11. The van der Waals surface area contributed by atoms with Crippen LogP contribution >= 0.6 is 0 Å². The third-order valence-corrected chi connectivity index (χ3v) is 2.12. The van der Waals surface area contributed by atoms with Gasteiger partial charge in [-0.3, -0.25) is 4.98 Å². The molecule has 78 valence electrons. The molecule has 2 nitrogen and oxygen atoms in total. The second kappa shape index (κ2) is 4.56. The second-order valence-corrected chi connectivity index (χ2v) is 5.08. The molecule has 0 saturated carbocycles. The molecule has 1 aromatic heterocycles. The third-order valence-electron chi connectivity index (χ3n) is 2.12. The molecule has 1 aromatic rings. The molecule has 0 amide bonds. The molecule has 0 fully saturated rings. The van der Waals surface area contributed by atoms with Crippen LogP contribution in [0.3, 0.4) is 0 Å². The Kier molecular flexibility index (Phi) is 3.64. The number of aromatic nitrogens is 1. The van der Waals surface area contributed by atoms with E-state index < -0.39 is 0 Å². The van der Waals surface area contributed by atoms with Crippen molar-refractivity contribution in [1.82, 2.24) is 4.98 Å². The van der Waals surface area contributed by atoms with Gasteiger partial charge in [0.15, 0.2) is 0 Å². The second-order valence-electron chi connectivity index (χ2n) is 5.08.